The maximum atomic E-state index is 13.4. The van der Waals surface area contributed by atoms with Crippen LogP contribution in [0.15, 0.2) is 48.5 Å². The third-order valence-corrected chi connectivity index (χ3v) is 4.11. The van der Waals surface area contributed by atoms with Crippen molar-refractivity contribution in [3.05, 3.63) is 65.5 Å². The molecule has 1 heterocycles. The van der Waals surface area contributed by atoms with Crippen LogP contribution in [0, 0.1) is 5.82 Å². The second-order valence-electron chi connectivity index (χ2n) is 5.69. The quantitative estimate of drug-likeness (QED) is 0.915. The van der Waals surface area contributed by atoms with Crippen molar-refractivity contribution in [2.75, 3.05) is 6.61 Å². The van der Waals surface area contributed by atoms with Gasteiger partial charge in [-0.3, -0.25) is 4.79 Å². The zero-order chi connectivity index (χ0) is 16.4. The summed E-state index contributed by atoms with van der Waals surface area (Å²) in [5, 5.41) is 13.2. The van der Waals surface area contributed by atoms with Crippen LogP contribution in [-0.4, -0.2) is 23.7 Å². The first kappa shape index (κ1) is 15.5. The Labute approximate surface area is 133 Å². The molecule has 1 amide bonds. The fourth-order valence-electron chi connectivity index (χ4n) is 2.69. The van der Waals surface area contributed by atoms with Crippen LogP contribution in [0.5, 0.6) is 5.75 Å². The third kappa shape index (κ3) is 3.19. The minimum Gasteiger partial charge on any atom is -0.491 e. The number of rotatable bonds is 3. The molecular formula is C18H18FNO3. The van der Waals surface area contributed by atoms with Gasteiger partial charge in [-0.05, 0) is 30.7 Å². The number of aliphatic hydroxyl groups is 1. The highest BCUT2D eigenvalue weighted by atomic mass is 19.1. The molecule has 4 nitrogen and oxygen atoms in total. The van der Waals surface area contributed by atoms with E-state index < -0.39 is 18.0 Å². The van der Waals surface area contributed by atoms with Gasteiger partial charge >= 0.3 is 0 Å². The Balaban J connectivity index is 1.72. The summed E-state index contributed by atoms with van der Waals surface area (Å²) >= 11 is 0. The molecule has 1 aliphatic heterocycles. The van der Waals surface area contributed by atoms with E-state index in [0.29, 0.717) is 11.3 Å². The van der Waals surface area contributed by atoms with E-state index in [0.717, 1.165) is 5.56 Å². The number of halogens is 1. The predicted molar refractivity (Wildman–Crippen MR) is 83.6 cm³/mol. The van der Waals surface area contributed by atoms with Gasteiger partial charge in [0.05, 0.1) is 12.0 Å². The highest BCUT2D eigenvalue weighted by molar-refractivity contribution is 5.83. The lowest BCUT2D eigenvalue weighted by molar-refractivity contribution is -0.124. The molecule has 3 rings (SSSR count). The monoisotopic (exact) mass is 315 g/mol. The Bertz CT molecular complexity index is 705. The Hall–Kier alpha value is -2.40. The van der Waals surface area contributed by atoms with Gasteiger partial charge < -0.3 is 15.2 Å². The molecule has 0 radical (unpaired) electrons. The molecule has 0 aliphatic carbocycles. The van der Waals surface area contributed by atoms with E-state index in [-0.39, 0.29) is 18.4 Å². The summed E-state index contributed by atoms with van der Waals surface area (Å²) in [5.74, 6) is -0.558. The maximum Gasteiger partial charge on any atom is 0.227 e. The number of carbonyl (C=O) groups is 1. The number of hydrogen-bond acceptors (Lipinski definition) is 3. The maximum absolute atomic E-state index is 13.4. The minimum atomic E-state index is -0.999. The van der Waals surface area contributed by atoms with Crippen molar-refractivity contribution in [3.63, 3.8) is 0 Å². The fourth-order valence-corrected chi connectivity index (χ4v) is 2.69. The molecule has 0 fully saturated rings. The summed E-state index contributed by atoms with van der Waals surface area (Å²) in [4.78, 5) is 12.4. The highest BCUT2D eigenvalue weighted by Crippen LogP contribution is 2.32. The van der Waals surface area contributed by atoms with E-state index in [2.05, 4.69) is 5.32 Å². The van der Waals surface area contributed by atoms with Crippen LogP contribution < -0.4 is 10.1 Å². The molecule has 5 heteroatoms. The smallest absolute Gasteiger partial charge is 0.227 e. The van der Waals surface area contributed by atoms with Gasteiger partial charge in [-0.2, -0.15) is 0 Å². The molecule has 0 unspecified atom stereocenters. The number of nitrogens with one attached hydrogen (secondary N) is 1. The first-order valence-electron chi connectivity index (χ1n) is 7.52. The number of benzene rings is 2. The topological polar surface area (TPSA) is 58.6 Å². The second kappa shape index (κ2) is 6.38. The molecule has 2 N–H and O–H groups in total. The van der Waals surface area contributed by atoms with Gasteiger partial charge in [-0.15, -0.1) is 0 Å². The second-order valence-corrected chi connectivity index (χ2v) is 5.69. The first-order chi connectivity index (χ1) is 11.1. The number of amides is 1. The summed E-state index contributed by atoms with van der Waals surface area (Å²) < 4.78 is 18.9. The molecule has 0 spiro atoms. The average molecular weight is 315 g/mol. The van der Waals surface area contributed by atoms with Gasteiger partial charge in [0, 0.05) is 5.56 Å². The number of carbonyl (C=O) groups excluding carboxylic acids is 1. The first-order valence-corrected chi connectivity index (χ1v) is 7.52. The van der Waals surface area contributed by atoms with Crippen LogP contribution in [0.2, 0.25) is 0 Å². The standard InChI is InChI=1S/C18H18FNO3/c1-11(12-5-3-2-4-6-12)18(22)20-15-10-23-16-8-7-13(19)9-14(16)17(15)21/h2-9,11,15,17,21H,10H2,1H3,(H,20,22)/t11-,15+,17-/m0/s1. The van der Waals surface area contributed by atoms with Crippen molar-refractivity contribution in [1.82, 2.24) is 5.32 Å². The van der Waals surface area contributed by atoms with Gasteiger partial charge in [-0.25, -0.2) is 4.39 Å². The van der Waals surface area contributed by atoms with Crippen LogP contribution in [0.4, 0.5) is 4.39 Å². The summed E-state index contributed by atoms with van der Waals surface area (Å²) in [6.07, 6.45) is -0.999. The third-order valence-electron chi connectivity index (χ3n) is 4.11. The predicted octanol–water partition coefficient (Wildman–Crippen LogP) is 2.54. The van der Waals surface area contributed by atoms with Gasteiger partial charge in [0.1, 0.15) is 24.3 Å². The average Bonchev–Trinajstić information content (AvgIpc) is 2.58. The number of ether oxygens (including phenoxy) is 1. The van der Waals surface area contributed by atoms with E-state index in [4.69, 9.17) is 4.74 Å². The van der Waals surface area contributed by atoms with Crippen LogP contribution in [0.3, 0.4) is 0 Å². The Morgan fingerprint density at radius 1 is 1.30 bits per heavy atom. The molecule has 23 heavy (non-hydrogen) atoms. The largest absolute Gasteiger partial charge is 0.491 e. The zero-order valence-electron chi connectivity index (χ0n) is 12.7. The summed E-state index contributed by atoms with van der Waals surface area (Å²) in [6, 6.07) is 12.8. The molecule has 2 aromatic rings. The molecule has 0 bridgehead atoms. The van der Waals surface area contributed by atoms with Crippen LogP contribution in [0.25, 0.3) is 0 Å². The lowest BCUT2D eigenvalue weighted by Gasteiger charge is -2.31. The Morgan fingerprint density at radius 2 is 2.04 bits per heavy atom. The van der Waals surface area contributed by atoms with E-state index in [9.17, 15) is 14.3 Å². The van der Waals surface area contributed by atoms with Gasteiger partial charge in [0.15, 0.2) is 0 Å². The van der Waals surface area contributed by atoms with Gasteiger partial charge in [0.2, 0.25) is 5.91 Å². The lowest BCUT2D eigenvalue weighted by Crippen LogP contribution is -2.46. The van der Waals surface area contributed by atoms with Gasteiger partial charge in [-0.1, -0.05) is 30.3 Å². The normalized spacial score (nSPS) is 21.0. The fraction of sp³-hybridized carbons (Fsp3) is 0.278. The highest BCUT2D eigenvalue weighted by Gasteiger charge is 2.32. The molecule has 0 aromatic heterocycles. The van der Waals surface area contributed by atoms with E-state index in [1.807, 2.05) is 30.3 Å². The van der Waals surface area contributed by atoms with E-state index >= 15 is 0 Å². The van der Waals surface area contributed by atoms with Gasteiger partial charge in [0.25, 0.3) is 0 Å². The van der Waals surface area contributed by atoms with Crippen molar-refractivity contribution in [1.29, 1.82) is 0 Å². The number of hydrogen-bond donors (Lipinski definition) is 2. The molecule has 0 saturated carbocycles. The molecule has 120 valence electrons. The van der Waals surface area contributed by atoms with Crippen LogP contribution >= 0.6 is 0 Å². The summed E-state index contributed by atoms with van der Waals surface area (Å²) in [7, 11) is 0. The molecule has 3 atom stereocenters. The number of fused-ring (bicyclic) bond motifs is 1. The molecule has 1 aliphatic rings. The molecule has 0 saturated heterocycles. The Kier molecular flexibility index (Phi) is 4.30. The lowest BCUT2D eigenvalue weighted by atomic mass is 9.96. The van der Waals surface area contributed by atoms with Crippen molar-refractivity contribution in [2.24, 2.45) is 0 Å². The summed E-state index contributed by atoms with van der Waals surface area (Å²) in [5.41, 5.74) is 1.25. The van der Waals surface area contributed by atoms with Crippen molar-refractivity contribution >= 4 is 5.91 Å². The van der Waals surface area contributed by atoms with E-state index in [1.165, 1.54) is 18.2 Å². The SMILES string of the molecule is C[C@H](C(=O)N[C@@H]1COc2ccc(F)cc2[C@@H]1O)c1ccccc1. The Morgan fingerprint density at radius 3 is 2.78 bits per heavy atom. The van der Waals surface area contributed by atoms with Crippen molar-refractivity contribution < 1.29 is 19.0 Å². The van der Waals surface area contributed by atoms with Crippen LogP contribution in [0.1, 0.15) is 30.1 Å². The number of aliphatic hydroxyl groups excluding tert-OH is 1. The summed E-state index contributed by atoms with van der Waals surface area (Å²) in [6.45, 7) is 1.95. The van der Waals surface area contributed by atoms with Crippen molar-refractivity contribution in [3.8, 4) is 5.75 Å². The molecule has 2 aromatic carbocycles. The molecular weight excluding hydrogens is 297 g/mol. The minimum absolute atomic E-state index is 0.146. The zero-order valence-corrected chi connectivity index (χ0v) is 12.7. The van der Waals surface area contributed by atoms with Crippen LogP contribution in [-0.2, 0) is 4.79 Å². The van der Waals surface area contributed by atoms with E-state index in [1.54, 1.807) is 6.92 Å². The van der Waals surface area contributed by atoms with Crippen molar-refractivity contribution in [2.45, 2.75) is 25.0 Å².